The summed E-state index contributed by atoms with van der Waals surface area (Å²) in [6, 6.07) is 8.89. The molecule has 0 amide bonds. The van der Waals surface area contributed by atoms with Gasteiger partial charge in [0.15, 0.2) is 0 Å². The molecule has 1 aromatic carbocycles. The number of halogens is 1. The Morgan fingerprint density at radius 2 is 1.75 bits per heavy atom. The summed E-state index contributed by atoms with van der Waals surface area (Å²) in [4.78, 5) is 0. The van der Waals surface area contributed by atoms with Crippen LogP contribution in [-0.2, 0) is 4.74 Å². The standard InChI is InChI=1S/C17H28BrNO/c1-13(2)19-12-16(20-11-10-17(3,4)5)14-6-8-15(18)9-7-14/h6-9,13,16,19H,10-12H2,1-5H3. The monoisotopic (exact) mass is 341 g/mol. The molecule has 0 aliphatic rings. The largest absolute Gasteiger partial charge is 0.372 e. The average molecular weight is 342 g/mol. The lowest BCUT2D eigenvalue weighted by Gasteiger charge is -2.23. The summed E-state index contributed by atoms with van der Waals surface area (Å²) >= 11 is 3.48. The van der Waals surface area contributed by atoms with Gasteiger partial charge in [-0.15, -0.1) is 0 Å². The predicted octanol–water partition coefficient (Wildman–Crippen LogP) is 4.94. The van der Waals surface area contributed by atoms with Crippen LogP contribution in [0.4, 0.5) is 0 Å². The van der Waals surface area contributed by atoms with E-state index in [9.17, 15) is 0 Å². The fourth-order valence-corrected chi connectivity index (χ4v) is 2.06. The van der Waals surface area contributed by atoms with E-state index >= 15 is 0 Å². The van der Waals surface area contributed by atoms with Gasteiger partial charge in [-0.25, -0.2) is 0 Å². The van der Waals surface area contributed by atoms with Crippen LogP contribution in [0.15, 0.2) is 28.7 Å². The number of benzene rings is 1. The molecule has 1 N–H and O–H groups in total. The van der Waals surface area contributed by atoms with Crippen molar-refractivity contribution < 1.29 is 4.74 Å². The van der Waals surface area contributed by atoms with Gasteiger partial charge in [0.05, 0.1) is 6.10 Å². The lowest BCUT2D eigenvalue weighted by Crippen LogP contribution is -2.29. The van der Waals surface area contributed by atoms with E-state index in [0.29, 0.717) is 11.5 Å². The summed E-state index contributed by atoms with van der Waals surface area (Å²) in [5.41, 5.74) is 1.55. The highest BCUT2D eigenvalue weighted by Gasteiger charge is 2.15. The van der Waals surface area contributed by atoms with Crippen LogP contribution < -0.4 is 5.32 Å². The molecule has 1 aromatic rings. The van der Waals surface area contributed by atoms with Crippen molar-refractivity contribution in [1.82, 2.24) is 5.32 Å². The topological polar surface area (TPSA) is 21.3 Å². The summed E-state index contributed by atoms with van der Waals surface area (Å²) in [5.74, 6) is 0. The second-order valence-electron chi connectivity index (χ2n) is 6.78. The molecule has 0 fully saturated rings. The second-order valence-corrected chi connectivity index (χ2v) is 7.70. The van der Waals surface area contributed by atoms with E-state index in [0.717, 1.165) is 24.0 Å². The molecule has 1 unspecified atom stereocenters. The van der Waals surface area contributed by atoms with Crippen LogP contribution >= 0.6 is 15.9 Å². The Labute approximate surface area is 132 Å². The van der Waals surface area contributed by atoms with Gasteiger partial charge in [0, 0.05) is 23.7 Å². The zero-order chi connectivity index (χ0) is 15.2. The first-order valence-corrected chi connectivity index (χ1v) is 8.18. The maximum Gasteiger partial charge on any atom is 0.0949 e. The van der Waals surface area contributed by atoms with E-state index < -0.39 is 0 Å². The minimum absolute atomic E-state index is 0.118. The average Bonchev–Trinajstić information content (AvgIpc) is 2.33. The number of hydrogen-bond acceptors (Lipinski definition) is 2. The molecule has 1 rings (SSSR count). The summed E-state index contributed by atoms with van der Waals surface area (Å²) in [7, 11) is 0. The second kappa shape index (κ2) is 8.16. The van der Waals surface area contributed by atoms with E-state index in [-0.39, 0.29) is 6.10 Å². The molecular weight excluding hydrogens is 314 g/mol. The molecule has 1 atom stereocenters. The Balaban J connectivity index is 2.62. The molecule has 20 heavy (non-hydrogen) atoms. The van der Waals surface area contributed by atoms with Gasteiger partial charge in [0.2, 0.25) is 0 Å². The molecule has 0 aliphatic carbocycles. The molecule has 114 valence electrons. The molecule has 0 aliphatic heterocycles. The molecule has 0 heterocycles. The first-order valence-electron chi connectivity index (χ1n) is 7.38. The molecule has 0 saturated carbocycles. The van der Waals surface area contributed by atoms with Crippen LogP contribution in [0.1, 0.15) is 52.7 Å². The maximum absolute atomic E-state index is 6.12. The minimum Gasteiger partial charge on any atom is -0.372 e. The van der Waals surface area contributed by atoms with Crippen molar-refractivity contribution in [2.75, 3.05) is 13.2 Å². The zero-order valence-electron chi connectivity index (χ0n) is 13.4. The smallest absolute Gasteiger partial charge is 0.0949 e. The molecule has 0 radical (unpaired) electrons. The van der Waals surface area contributed by atoms with Crippen molar-refractivity contribution in [2.45, 2.75) is 53.2 Å². The van der Waals surface area contributed by atoms with E-state index in [1.54, 1.807) is 0 Å². The molecule has 0 bridgehead atoms. The lowest BCUT2D eigenvalue weighted by atomic mass is 9.93. The Bertz CT molecular complexity index is 381. The lowest BCUT2D eigenvalue weighted by molar-refractivity contribution is 0.0358. The number of hydrogen-bond donors (Lipinski definition) is 1. The third kappa shape index (κ3) is 7.41. The fourth-order valence-electron chi connectivity index (χ4n) is 1.80. The number of nitrogens with one attached hydrogen (secondary N) is 1. The van der Waals surface area contributed by atoms with Crippen molar-refractivity contribution in [1.29, 1.82) is 0 Å². The molecule has 2 nitrogen and oxygen atoms in total. The Kier molecular flexibility index (Phi) is 7.21. The number of ether oxygens (including phenoxy) is 1. The van der Waals surface area contributed by atoms with Crippen LogP contribution in [0, 0.1) is 5.41 Å². The van der Waals surface area contributed by atoms with Crippen LogP contribution in [0.25, 0.3) is 0 Å². The fraction of sp³-hybridized carbons (Fsp3) is 0.647. The van der Waals surface area contributed by atoms with Crippen LogP contribution in [0.2, 0.25) is 0 Å². The van der Waals surface area contributed by atoms with Gasteiger partial charge in [-0.1, -0.05) is 62.7 Å². The van der Waals surface area contributed by atoms with Crippen LogP contribution in [0.3, 0.4) is 0 Å². The highest BCUT2D eigenvalue weighted by molar-refractivity contribution is 9.10. The number of rotatable bonds is 7. The Morgan fingerprint density at radius 1 is 1.15 bits per heavy atom. The van der Waals surface area contributed by atoms with Gasteiger partial charge in [-0.05, 0) is 29.5 Å². The minimum atomic E-state index is 0.118. The molecule has 0 saturated heterocycles. The van der Waals surface area contributed by atoms with Gasteiger partial charge >= 0.3 is 0 Å². The van der Waals surface area contributed by atoms with Crippen molar-refractivity contribution in [3.05, 3.63) is 34.3 Å². The van der Waals surface area contributed by atoms with E-state index in [4.69, 9.17) is 4.74 Å². The van der Waals surface area contributed by atoms with Crippen molar-refractivity contribution >= 4 is 15.9 Å². The van der Waals surface area contributed by atoms with Crippen LogP contribution in [-0.4, -0.2) is 19.2 Å². The molecule has 0 spiro atoms. The Morgan fingerprint density at radius 3 is 2.25 bits per heavy atom. The third-order valence-corrected chi connectivity index (χ3v) is 3.65. The summed E-state index contributed by atoms with van der Waals surface area (Å²) in [6.45, 7) is 12.7. The van der Waals surface area contributed by atoms with Gasteiger partial charge in [-0.3, -0.25) is 0 Å². The van der Waals surface area contributed by atoms with Gasteiger partial charge in [0.25, 0.3) is 0 Å². The predicted molar refractivity (Wildman–Crippen MR) is 90.0 cm³/mol. The SMILES string of the molecule is CC(C)NCC(OCCC(C)(C)C)c1ccc(Br)cc1. The molecular formula is C17H28BrNO. The van der Waals surface area contributed by atoms with E-state index in [1.807, 2.05) is 0 Å². The normalized spacial score (nSPS) is 13.8. The maximum atomic E-state index is 6.12. The van der Waals surface area contributed by atoms with Gasteiger partial charge in [0.1, 0.15) is 0 Å². The highest BCUT2D eigenvalue weighted by atomic mass is 79.9. The summed E-state index contributed by atoms with van der Waals surface area (Å²) in [5, 5.41) is 3.47. The third-order valence-electron chi connectivity index (χ3n) is 3.12. The molecule has 3 heteroatoms. The van der Waals surface area contributed by atoms with Crippen molar-refractivity contribution in [3.63, 3.8) is 0 Å². The quantitative estimate of drug-likeness (QED) is 0.758. The van der Waals surface area contributed by atoms with E-state index in [2.05, 4.69) is 80.1 Å². The molecule has 0 aromatic heterocycles. The van der Waals surface area contributed by atoms with Crippen molar-refractivity contribution in [3.8, 4) is 0 Å². The summed E-state index contributed by atoms with van der Waals surface area (Å²) in [6.07, 6.45) is 1.19. The van der Waals surface area contributed by atoms with Gasteiger partial charge < -0.3 is 10.1 Å². The van der Waals surface area contributed by atoms with E-state index in [1.165, 1.54) is 5.56 Å². The van der Waals surface area contributed by atoms with Crippen LogP contribution in [0.5, 0.6) is 0 Å². The first-order chi connectivity index (χ1) is 9.28. The van der Waals surface area contributed by atoms with Crippen molar-refractivity contribution in [2.24, 2.45) is 5.41 Å². The van der Waals surface area contributed by atoms with Gasteiger partial charge in [-0.2, -0.15) is 0 Å². The highest BCUT2D eigenvalue weighted by Crippen LogP contribution is 2.23. The Hall–Kier alpha value is -0.380. The summed E-state index contributed by atoms with van der Waals surface area (Å²) < 4.78 is 7.22. The first kappa shape index (κ1) is 17.7. The zero-order valence-corrected chi connectivity index (χ0v) is 15.0.